The zero-order valence-corrected chi connectivity index (χ0v) is 12.3. The molecule has 0 amide bonds. The maximum absolute atomic E-state index is 6.43. The van der Waals surface area contributed by atoms with E-state index < -0.39 is 0 Å². The molecule has 2 heterocycles. The second-order valence-electron chi connectivity index (χ2n) is 4.93. The predicted molar refractivity (Wildman–Crippen MR) is 80.8 cm³/mol. The molecule has 1 aliphatic rings. The van der Waals surface area contributed by atoms with E-state index in [1.807, 2.05) is 29.9 Å². The number of rotatable bonds is 1. The molecule has 0 aliphatic carbocycles. The first kappa shape index (κ1) is 13.5. The fourth-order valence-electron chi connectivity index (χ4n) is 2.51. The third-order valence-electron chi connectivity index (χ3n) is 3.54. The number of benzene rings is 1. The Kier molecular flexibility index (Phi) is 3.95. The molecule has 0 N–H and O–H groups in total. The first-order valence-electron chi connectivity index (χ1n) is 7.07. The highest BCUT2D eigenvalue weighted by atomic mass is 35.5. The molecule has 0 radical (unpaired) electrons. The molecule has 4 heteroatoms. The summed E-state index contributed by atoms with van der Waals surface area (Å²) < 4.78 is 7.74. The van der Waals surface area contributed by atoms with Gasteiger partial charge in [-0.15, -0.1) is 0 Å². The van der Waals surface area contributed by atoms with E-state index in [9.17, 15) is 0 Å². The van der Waals surface area contributed by atoms with Crippen LogP contribution in [-0.4, -0.2) is 16.4 Å². The van der Waals surface area contributed by atoms with Crippen molar-refractivity contribution >= 4 is 22.5 Å². The molecule has 3 nitrogen and oxygen atoms in total. The number of nitrogens with zero attached hydrogens (tertiary/aromatic N) is 2. The Morgan fingerprint density at radius 3 is 3.10 bits per heavy atom. The van der Waals surface area contributed by atoms with Crippen LogP contribution in [0.5, 0.6) is 0 Å². The SMILES string of the molecule is CCC#Cc1ccc2c(cnn2C2CCCCO2)c1Cl. The van der Waals surface area contributed by atoms with Crippen LogP contribution in [0, 0.1) is 11.8 Å². The van der Waals surface area contributed by atoms with Crippen molar-refractivity contribution in [1.29, 1.82) is 0 Å². The lowest BCUT2D eigenvalue weighted by Crippen LogP contribution is -2.18. The molecule has 1 saturated heterocycles. The zero-order chi connectivity index (χ0) is 13.9. The van der Waals surface area contributed by atoms with Gasteiger partial charge in [0.05, 0.1) is 16.7 Å². The summed E-state index contributed by atoms with van der Waals surface area (Å²) in [5, 5.41) is 6.09. The number of halogens is 1. The van der Waals surface area contributed by atoms with Gasteiger partial charge in [-0.05, 0) is 31.4 Å². The number of ether oxygens (including phenoxy) is 1. The Morgan fingerprint density at radius 2 is 2.35 bits per heavy atom. The van der Waals surface area contributed by atoms with E-state index >= 15 is 0 Å². The summed E-state index contributed by atoms with van der Waals surface area (Å²) in [4.78, 5) is 0. The van der Waals surface area contributed by atoms with Crippen molar-refractivity contribution in [3.8, 4) is 11.8 Å². The first-order chi connectivity index (χ1) is 9.81. The van der Waals surface area contributed by atoms with Crippen molar-refractivity contribution in [2.24, 2.45) is 0 Å². The summed E-state index contributed by atoms with van der Waals surface area (Å²) in [5.74, 6) is 6.15. The summed E-state index contributed by atoms with van der Waals surface area (Å²) in [6, 6.07) is 4.00. The van der Waals surface area contributed by atoms with Gasteiger partial charge in [0.1, 0.15) is 0 Å². The largest absolute Gasteiger partial charge is 0.356 e. The van der Waals surface area contributed by atoms with Crippen molar-refractivity contribution in [3.63, 3.8) is 0 Å². The Hall–Kier alpha value is -1.50. The quantitative estimate of drug-likeness (QED) is 0.737. The van der Waals surface area contributed by atoms with Crippen LogP contribution in [0.15, 0.2) is 18.3 Å². The minimum atomic E-state index is 0.0323. The van der Waals surface area contributed by atoms with Crippen LogP contribution < -0.4 is 0 Å². The Labute approximate surface area is 123 Å². The first-order valence-corrected chi connectivity index (χ1v) is 7.45. The van der Waals surface area contributed by atoms with Crippen LogP contribution in [0.2, 0.25) is 5.02 Å². The highest BCUT2D eigenvalue weighted by Crippen LogP contribution is 2.31. The molecule has 20 heavy (non-hydrogen) atoms. The maximum atomic E-state index is 6.43. The zero-order valence-electron chi connectivity index (χ0n) is 11.5. The van der Waals surface area contributed by atoms with E-state index in [0.29, 0.717) is 5.02 Å². The molecule has 3 rings (SSSR count). The van der Waals surface area contributed by atoms with Crippen LogP contribution in [-0.2, 0) is 4.74 Å². The molecular weight excluding hydrogens is 272 g/mol. The third-order valence-corrected chi connectivity index (χ3v) is 3.95. The molecule has 1 aliphatic heterocycles. The molecule has 104 valence electrons. The number of hydrogen-bond donors (Lipinski definition) is 0. The standard InChI is InChI=1S/C16H17ClN2O/c1-2-3-6-12-8-9-14-13(16(12)17)11-18-19(14)15-7-4-5-10-20-15/h8-9,11,15H,2,4-5,7,10H2,1H3. The van der Waals surface area contributed by atoms with Gasteiger partial charge in [0.25, 0.3) is 0 Å². The van der Waals surface area contributed by atoms with Crippen molar-refractivity contribution in [2.75, 3.05) is 6.61 Å². The second kappa shape index (κ2) is 5.87. The number of fused-ring (bicyclic) bond motifs is 1. The van der Waals surface area contributed by atoms with Gasteiger partial charge in [-0.3, -0.25) is 0 Å². The van der Waals surface area contributed by atoms with Gasteiger partial charge >= 0.3 is 0 Å². The summed E-state index contributed by atoms with van der Waals surface area (Å²) in [5.41, 5.74) is 1.88. The van der Waals surface area contributed by atoms with E-state index in [4.69, 9.17) is 16.3 Å². The second-order valence-corrected chi connectivity index (χ2v) is 5.30. The van der Waals surface area contributed by atoms with Gasteiger partial charge in [0.2, 0.25) is 0 Å². The highest BCUT2D eigenvalue weighted by molar-refractivity contribution is 6.36. The highest BCUT2D eigenvalue weighted by Gasteiger charge is 2.19. The molecule has 0 saturated carbocycles. The molecular formula is C16H17ClN2O. The molecule has 1 fully saturated rings. The van der Waals surface area contributed by atoms with Gasteiger partial charge in [-0.1, -0.05) is 30.4 Å². The van der Waals surface area contributed by atoms with E-state index in [1.165, 1.54) is 6.42 Å². The summed E-state index contributed by atoms with van der Waals surface area (Å²) >= 11 is 6.43. The summed E-state index contributed by atoms with van der Waals surface area (Å²) in [7, 11) is 0. The molecule has 0 spiro atoms. The molecule has 1 unspecified atom stereocenters. The van der Waals surface area contributed by atoms with Crippen LogP contribution >= 0.6 is 11.6 Å². The topological polar surface area (TPSA) is 27.1 Å². The minimum absolute atomic E-state index is 0.0323. The Balaban J connectivity index is 2.03. The molecule has 1 aromatic carbocycles. The van der Waals surface area contributed by atoms with Gasteiger partial charge in [0.15, 0.2) is 6.23 Å². The fraction of sp³-hybridized carbons (Fsp3) is 0.438. The average Bonchev–Trinajstić information content (AvgIpc) is 2.92. The van der Waals surface area contributed by atoms with Crippen molar-refractivity contribution in [1.82, 2.24) is 9.78 Å². The lowest BCUT2D eigenvalue weighted by atomic mass is 10.1. The smallest absolute Gasteiger partial charge is 0.150 e. The van der Waals surface area contributed by atoms with Crippen LogP contribution in [0.25, 0.3) is 10.9 Å². The number of hydrogen-bond acceptors (Lipinski definition) is 2. The molecule has 1 atom stereocenters. The van der Waals surface area contributed by atoms with Crippen LogP contribution in [0.1, 0.15) is 44.4 Å². The van der Waals surface area contributed by atoms with Crippen LogP contribution in [0.4, 0.5) is 0 Å². The van der Waals surface area contributed by atoms with Crippen molar-refractivity contribution in [3.05, 3.63) is 28.9 Å². The molecule has 2 aromatic rings. The Morgan fingerprint density at radius 1 is 1.45 bits per heavy atom. The van der Waals surface area contributed by atoms with Crippen molar-refractivity contribution in [2.45, 2.75) is 38.8 Å². The lowest BCUT2D eigenvalue weighted by molar-refractivity contribution is -0.0366. The van der Waals surface area contributed by atoms with Crippen LogP contribution in [0.3, 0.4) is 0 Å². The van der Waals surface area contributed by atoms with E-state index in [1.54, 1.807) is 0 Å². The predicted octanol–water partition coefficient (Wildman–Crippen LogP) is 4.15. The van der Waals surface area contributed by atoms with Crippen molar-refractivity contribution < 1.29 is 4.74 Å². The van der Waals surface area contributed by atoms with Gasteiger partial charge in [0, 0.05) is 24.0 Å². The lowest BCUT2D eigenvalue weighted by Gasteiger charge is -2.23. The van der Waals surface area contributed by atoms with Gasteiger partial charge < -0.3 is 4.74 Å². The summed E-state index contributed by atoms with van der Waals surface area (Å²) in [6.07, 6.45) is 5.99. The third kappa shape index (κ3) is 2.42. The average molecular weight is 289 g/mol. The molecule has 0 bridgehead atoms. The van der Waals surface area contributed by atoms with Gasteiger partial charge in [-0.25, -0.2) is 4.68 Å². The van der Waals surface area contributed by atoms with E-state index in [0.717, 1.165) is 42.3 Å². The number of aromatic nitrogens is 2. The Bertz CT molecular complexity index is 675. The molecule has 1 aromatic heterocycles. The van der Waals surface area contributed by atoms with Gasteiger partial charge in [-0.2, -0.15) is 5.10 Å². The fourth-order valence-corrected chi connectivity index (χ4v) is 2.77. The minimum Gasteiger partial charge on any atom is -0.356 e. The normalized spacial score (nSPS) is 18.8. The summed E-state index contributed by atoms with van der Waals surface area (Å²) in [6.45, 7) is 2.83. The van der Waals surface area contributed by atoms with E-state index in [-0.39, 0.29) is 6.23 Å². The monoisotopic (exact) mass is 288 g/mol. The van der Waals surface area contributed by atoms with E-state index in [2.05, 4.69) is 16.9 Å². The maximum Gasteiger partial charge on any atom is 0.150 e.